The Morgan fingerprint density at radius 1 is 1.30 bits per heavy atom. The molecule has 0 radical (unpaired) electrons. The number of urea groups is 1. The van der Waals surface area contributed by atoms with Crippen LogP contribution in [0.2, 0.25) is 0 Å². The van der Waals surface area contributed by atoms with E-state index in [2.05, 4.69) is 10.3 Å². The summed E-state index contributed by atoms with van der Waals surface area (Å²) < 4.78 is 0. The van der Waals surface area contributed by atoms with E-state index >= 15 is 0 Å². The van der Waals surface area contributed by atoms with Crippen LogP contribution in [-0.2, 0) is 6.54 Å². The van der Waals surface area contributed by atoms with Crippen molar-refractivity contribution in [1.82, 2.24) is 15.2 Å². The summed E-state index contributed by atoms with van der Waals surface area (Å²) in [5, 5.41) is 13.1. The van der Waals surface area contributed by atoms with Gasteiger partial charge in [-0.25, -0.2) is 9.78 Å². The third kappa shape index (κ3) is 3.90. The van der Waals surface area contributed by atoms with Gasteiger partial charge < -0.3 is 20.2 Å². The molecule has 0 saturated heterocycles. The second-order valence-electron chi connectivity index (χ2n) is 5.85. The van der Waals surface area contributed by atoms with Crippen molar-refractivity contribution in [3.63, 3.8) is 0 Å². The molecule has 23 heavy (non-hydrogen) atoms. The Labute approximate surface area is 136 Å². The highest BCUT2D eigenvalue weighted by atomic mass is 16.3. The van der Waals surface area contributed by atoms with Crippen LogP contribution in [0.4, 0.5) is 10.6 Å². The van der Waals surface area contributed by atoms with E-state index in [0.717, 1.165) is 22.3 Å². The minimum Gasteiger partial charge on any atom is -0.394 e. The molecule has 0 bridgehead atoms. The van der Waals surface area contributed by atoms with E-state index in [1.807, 2.05) is 49.3 Å². The van der Waals surface area contributed by atoms with Gasteiger partial charge in [0, 0.05) is 33.1 Å². The van der Waals surface area contributed by atoms with Gasteiger partial charge in [0.15, 0.2) is 0 Å². The van der Waals surface area contributed by atoms with Gasteiger partial charge in [0.25, 0.3) is 0 Å². The zero-order chi connectivity index (χ0) is 17.0. The van der Waals surface area contributed by atoms with Crippen molar-refractivity contribution in [2.24, 2.45) is 0 Å². The maximum atomic E-state index is 12.1. The van der Waals surface area contributed by atoms with Gasteiger partial charge in [-0.2, -0.15) is 0 Å². The summed E-state index contributed by atoms with van der Waals surface area (Å²) >= 11 is 0. The van der Waals surface area contributed by atoms with Crippen LogP contribution in [0.15, 0.2) is 30.3 Å². The van der Waals surface area contributed by atoms with Crippen molar-refractivity contribution >= 4 is 22.8 Å². The van der Waals surface area contributed by atoms with Gasteiger partial charge in [-0.3, -0.25) is 0 Å². The number of aromatic nitrogens is 1. The molecule has 1 unspecified atom stereocenters. The first kappa shape index (κ1) is 17.0. The summed E-state index contributed by atoms with van der Waals surface area (Å²) in [6, 6.07) is 9.44. The predicted octanol–water partition coefficient (Wildman–Crippen LogP) is 1.82. The van der Waals surface area contributed by atoms with Crippen molar-refractivity contribution in [2.75, 3.05) is 32.6 Å². The topological polar surface area (TPSA) is 68.7 Å². The molecule has 1 atom stereocenters. The van der Waals surface area contributed by atoms with E-state index < -0.39 is 0 Å². The number of aliphatic hydroxyl groups excluding tert-OH is 1. The van der Waals surface area contributed by atoms with Crippen molar-refractivity contribution in [3.8, 4) is 0 Å². The van der Waals surface area contributed by atoms with Crippen LogP contribution in [0.3, 0.4) is 0 Å². The fourth-order valence-electron chi connectivity index (χ4n) is 2.23. The third-order valence-electron chi connectivity index (χ3n) is 3.92. The van der Waals surface area contributed by atoms with E-state index in [1.54, 1.807) is 14.0 Å². The van der Waals surface area contributed by atoms with E-state index in [4.69, 9.17) is 5.11 Å². The number of anilines is 1. The number of carbonyl (C=O) groups is 1. The number of pyridine rings is 1. The first-order chi connectivity index (χ1) is 10.9. The molecule has 0 aliphatic heterocycles. The van der Waals surface area contributed by atoms with Gasteiger partial charge in [0.1, 0.15) is 5.82 Å². The molecule has 1 heterocycles. The number of nitrogens with one attached hydrogen (secondary N) is 1. The van der Waals surface area contributed by atoms with Gasteiger partial charge in [-0.1, -0.05) is 18.2 Å². The molecular formula is C17H24N4O2. The quantitative estimate of drug-likeness (QED) is 0.883. The number of hydrogen-bond acceptors (Lipinski definition) is 4. The van der Waals surface area contributed by atoms with Crippen LogP contribution in [0, 0.1) is 0 Å². The Morgan fingerprint density at radius 2 is 2.00 bits per heavy atom. The van der Waals surface area contributed by atoms with Gasteiger partial charge in [-0.15, -0.1) is 0 Å². The summed E-state index contributed by atoms with van der Waals surface area (Å²) in [6.07, 6.45) is 0. The molecule has 124 valence electrons. The Morgan fingerprint density at radius 3 is 2.65 bits per heavy atom. The largest absolute Gasteiger partial charge is 0.394 e. The number of rotatable bonds is 5. The molecule has 0 aliphatic carbocycles. The lowest BCUT2D eigenvalue weighted by Crippen LogP contribution is -2.43. The Hall–Kier alpha value is -2.34. The molecule has 1 aromatic heterocycles. The SMILES string of the molecule is CC(CO)N(C)C(=O)NCc1cc(N(C)C)nc2ccccc12. The van der Waals surface area contributed by atoms with Crippen LogP contribution in [-0.4, -0.2) is 54.8 Å². The molecule has 2 rings (SSSR count). The highest BCUT2D eigenvalue weighted by molar-refractivity contribution is 5.84. The first-order valence-electron chi connectivity index (χ1n) is 7.61. The van der Waals surface area contributed by atoms with Crippen LogP contribution in [0.5, 0.6) is 0 Å². The first-order valence-corrected chi connectivity index (χ1v) is 7.61. The molecule has 0 saturated carbocycles. The van der Waals surface area contributed by atoms with Crippen LogP contribution in [0.25, 0.3) is 10.9 Å². The molecule has 2 aromatic rings. The van der Waals surface area contributed by atoms with Crippen molar-refractivity contribution in [1.29, 1.82) is 0 Å². The van der Waals surface area contributed by atoms with Gasteiger partial charge in [-0.05, 0) is 24.6 Å². The standard InChI is InChI=1S/C17H24N4O2/c1-12(11-22)21(4)17(23)18-10-13-9-16(20(2)3)19-15-8-6-5-7-14(13)15/h5-9,12,22H,10-11H2,1-4H3,(H,18,23). The number of hydrogen-bond donors (Lipinski definition) is 2. The monoisotopic (exact) mass is 316 g/mol. The lowest BCUT2D eigenvalue weighted by molar-refractivity contribution is 0.157. The number of carbonyl (C=O) groups excluding carboxylic acids is 1. The fourth-order valence-corrected chi connectivity index (χ4v) is 2.23. The Kier molecular flexibility index (Phi) is 5.39. The molecule has 6 nitrogen and oxygen atoms in total. The zero-order valence-electron chi connectivity index (χ0n) is 14.1. The second-order valence-corrected chi connectivity index (χ2v) is 5.85. The zero-order valence-corrected chi connectivity index (χ0v) is 14.1. The van der Waals surface area contributed by atoms with Crippen LogP contribution < -0.4 is 10.2 Å². The number of nitrogens with zero attached hydrogens (tertiary/aromatic N) is 3. The van der Waals surface area contributed by atoms with Gasteiger partial charge >= 0.3 is 6.03 Å². The lowest BCUT2D eigenvalue weighted by Gasteiger charge is -2.23. The third-order valence-corrected chi connectivity index (χ3v) is 3.92. The minimum absolute atomic E-state index is 0.0626. The van der Waals surface area contributed by atoms with Crippen molar-refractivity contribution < 1.29 is 9.90 Å². The predicted molar refractivity (Wildman–Crippen MR) is 92.6 cm³/mol. The number of likely N-dealkylation sites (N-methyl/N-ethyl adjacent to an activating group) is 1. The lowest BCUT2D eigenvalue weighted by atomic mass is 10.1. The van der Waals surface area contributed by atoms with E-state index in [9.17, 15) is 4.79 Å². The highest BCUT2D eigenvalue weighted by Gasteiger charge is 2.15. The van der Waals surface area contributed by atoms with Gasteiger partial charge in [0.05, 0.1) is 18.2 Å². The van der Waals surface area contributed by atoms with Gasteiger partial charge in [0.2, 0.25) is 0 Å². The molecule has 1 aromatic carbocycles. The normalized spacial score (nSPS) is 12.0. The number of benzene rings is 1. The maximum absolute atomic E-state index is 12.1. The average molecular weight is 316 g/mol. The summed E-state index contributed by atoms with van der Waals surface area (Å²) in [6.45, 7) is 2.14. The molecule has 2 amide bonds. The molecule has 6 heteroatoms. The van der Waals surface area contributed by atoms with E-state index in [-0.39, 0.29) is 18.7 Å². The second kappa shape index (κ2) is 7.28. The molecule has 0 aliphatic rings. The molecule has 0 spiro atoms. The number of para-hydroxylation sites is 1. The van der Waals surface area contributed by atoms with Crippen LogP contribution in [0.1, 0.15) is 12.5 Å². The Bertz CT molecular complexity index is 687. The summed E-state index contributed by atoms with van der Waals surface area (Å²) in [4.78, 5) is 20.2. The molecular weight excluding hydrogens is 292 g/mol. The highest BCUT2D eigenvalue weighted by Crippen LogP contribution is 2.22. The average Bonchev–Trinajstić information content (AvgIpc) is 2.57. The summed E-state index contributed by atoms with van der Waals surface area (Å²) in [5.41, 5.74) is 1.91. The van der Waals surface area contributed by atoms with E-state index in [1.165, 1.54) is 4.90 Å². The maximum Gasteiger partial charge on any atom is 0.317 e. The molecule has 0 fully saturated rings. The minimum atomic E-state index is -0.221. The van der Waals surface area contributed by atoms with Crippen molar-refractivity contribution in [2.45, 2.75) is 19.5 Å². The smallest absolute Gasteiger partial charge is 0.317 e. The van der Waals surface area contributed by atoms with Crippen molar-refractivity contribution in [3.05, 3.63) is 35.9 Å². The number of fused-ring (bicyclic) bond motifs is 1. The Balaban J connectivity index is 2.24. The molecule has 2 N–H and O–H groups in total. The summed E-state index contributed by atoms with van der Waals surface area (Å²) in [7, 11) is 5.55. The van der Waals surface area contributed by atoms with Crippen LogP contribution >= 0.6 is 0 Å². The fraction of sp³-hybridized carbons (Fsp3) is 0.412. The summed E-state index contributed by atoms with van der Waals surface area (Å²) in [5.74, 6) is 0.852. The number of aliphatic hydroxyl groups is 1. The van der Waals surface area contributed by atoms with E-state index in [0.29, 0.717) is 6.54 Å². The number of amides is 2.